The van der Waals surface area contributed by atoms with Gasteiger partial charge in [-0.05, 0) is 48.9 Å². The standard InChI is InChI=1S/C20H25ClN6O2/c21-15-5-6-17(27-9-7-24-25-27)14(11-15)12-23-19(28)18-2-1-8-26(18)20(29)16(22)10-13-3-4-13/h5-7,9,11,13,16,18H,1-4,8,10,12,22H2,(H,23,28)/t16-,18+/m1/s1. The molecular weight excluding hydrogens is 392 g/mol. The molecule has 1 aromatic heterocycles. The number of halogens is 1. The number of amides is 2. The average molecular weight is 417 g/mol. The van der Waals surface area contributed by atoms with Gasteiger partial charge in [0.2, 0.25) is 11.8 Å². The first-order valence-electron chi connectivity index (χ1n) is 10.0. The minimum absolute atomic E-state index is 0.111. The topological polar surface area (TPSA) is 106 Å². The number of carbonyl (C=O) groups is 2. The summed E-state index contributed by atoms with van der Waals surface area (Å²) in [6, 6.07) is 4.41. The molecule has 0 spiro atoms. The first kappa shape index (κ1) is 19.8. The summed E-state index contributed by atoms with van der Waals surface area (Å²) in [5.41, 5.74) is 7.71. The molecule has 4 rings (SSSR count). The lowest BCUT2D eigenvalue weighted by molar-refractivity contribution is -0.139. The van der Waals surface area contributed by atoms with E-state index >= 15 is 0 Å². The summed E-state index contributed by atoms with van der Waals surface area (Å²) in [5.74, 6) is 0.293. The zero-order valence-corrected chi connectivity index (χ0v) is 16.9. The van der Waals surface area contributed by atoms with Gasteiger partial charge in [-0.2, -0.15) is 0 Å². The maximum Gasteiger partial charge on any atom is 0.243 e. The molecule has 1 saturated carbocycles. The molecule has 1 aliphatic carbocycles. The third-order valence-electron chi connectivity index (χ3n) is 5.60. The number of carbonyl (C=O) groups excluding carboxylic acids is 2. The summed E-state index contributed by atoms with van der Waals surface area (Å²) in [4.78, 5) is 27.2. The SMILES string of the molecule is N[C@H](CC1CC1)C(=O)N1CCC[C@H]1C(=O)NCc1cc(Cl)ccc1-n1ccnn1. The molecule has 1 saturated heterocycles. The van der Waals surface area contributed by atoms with Crippen LogP contribution in [0.4, 0.5) is 0 Å². The highest BCUT2D eigenvalue weighted by molar-refractivity contribution is 6.30. The molecule has 0 unspecified atom stereocenters. The van der Waals surface area contributed by atoms with Crippen molar-refractivity contribution >= 4 is 23.4 Å². The van der Waals surface area contributed by atoms with Crippen molar-refractivity contribution in [3.8, 4) is 5.69 Å². The summed E-state index contributed by atoms with van der Waals surface area (Å²) < 4.78 is 1.63. The molecule has 1 aromatic carbocycles. The lowest BCUT2D eigenvalue weighted by Gasteiger charge is -2.27. The normalized spacial score (nSPS) is 19.9. The van der Waals surface area contributed by atoms with Crippen molar-refractivity contribution in [2.45, 2.75) is 50.7 Å². The molecule has 2 amide bonds. The van der Waals surface area contributed by atoms with Crippen LogP contribution in [-0.4, -0.2) is 50.3 Å². The van der Waals surface area contributed by atoms with Crippen molar-refractivity contribution in [2.75, 3.05) is 6.54 Å². The van der Waals surface area contributed by atoms with E-state index in [-0.39, 0.29) is 18.4 Å². The number of nitrogens with one attached hydrogen (secondary N) is 1. The number of nitrogens with two attached hydrogens (primary N) is 1. The van der Waals surface area contributed by atoms with E-state index < -0.39 is 12.1 Å². The van der Waals surface area contributed by atoms with Crippen molar-refractivity contribution in [3.63, 3.8) is 0 Å². The number of hydrogen-bond acceptors (Lipinski definition) is 5. The second kappa shape index (κ2) is 8.51. The van der Waals surface area contributed by atoms with Gasteiger partial charge in [-0.15, -0.1) is 5.10 Å². The molecule has 29 heavy (non-hydrogen) atoms. The van der Waals surface area contributed by atoms with Gasteiger partial charge in [-0.25, -0.2) is 4.68 Å². The summed E-state index contributed by atoms with van der Waals surface area (Å²) in [6.45, 7) is 0.859. The molecule has 2 aromatic rings. The van der Waals surface area contributed by atoms with E-state index in [0.717, 1.165) is 30.5 Å². The Kier molecular flexibility index (Phi) is 5.82. The zero-order chi connectivity index (χ0) is 20.4. The van der Waals surface area contributed by atoms with E-state index in [0.29, 0.717) is 30.3 Å². The molecule has 1 aliphatic heterocycles. The second-order valence-electron chi connectivity index (χ2n) is 7.81. The molecule has 154 valence electrons. The Hall–Kier alpha value is -2.45. The summed E-state index contributed by atoms with van der Waals surface area (Å²) in [7, 11) is 0. The van der Waals surface area contributed by atoms with Gasteiger partial charge < -0.3 is 16.0 Å². The van der Waals surface area contributed by atoms with Crippen LogP contribution in [0.2, 0.25) is 5.02 Å². The highest BCUT2D eigenvalue weighted by Gasteiger charge is 2.37. The van der Waals surface area contributed by atoms with E-state index in [2.05, 4.69) is 15.6 Å². The van der Waals surface area contributed by atoms with Crippen LogP contribution in [0.3, 0.4) is 0 Å². The van der Waals surface area contributed by atoms with Gasteiger partial charge in [0.1, 0.15) is 6.04 Å². The smallest absolute Gasteiger partial charge is 0.243 e. The number of aromatic nitrogens is 3. The van der Waals surface area contributed by atoms with Gasteiger partial charge in [0.25, 0.3) is 0 Å². The van der Waals surface area contributed by atoms with Gasteiger partial charge in [0.05, 0.1) is 24.1 Å². The van der Waals surface area contributed by atoms with Crippen molar-refractivity contribution in [3.05, 3.63) is 41.2 Å². The van der Waals surface area contributed by atoms with Crippen LogP contribution < -0.4 is 11.1 Å². The second-order valence-corrected chi connectivity index (χ2v) is 8.25. The summed E-state index contributed by atoms with van der Waals surface area (Å²) >= 11 is 6.14. The van der Waals surface area contributed by atoms with Crippen molar-refractivity contribution < 1.29 is 9.59 Å². The van der Waals surface area contributed by atoms with Crippen molar-refractivity contribution in [2.24, 2.45) is 11.7 Å². The number of nitrogens with zero attached hydrogens (tertiary/aromatic N) is 4. The molecule has 2 heterocycles. The molecule has 2 atom stereocenters. The van der Waals surface area contributed by atoms with Gasteiger partial charge in [0, 0.05) is 18.1 Å². The Morgan fingerprint density at radius 2 is 2.14 bits per heavy atom. The minimum atomic E-state index is -0.511. The van der Waals surface area contributed by atoms with E-state index in [4.69, 9.17) is 17.3 Å². The maximum absolute atomic E-state index is 12.9. The number of hydrogen-bond donors (Lipinski definition) is 2. The Balaban J connectivity index is 1.41. The zero-order valence-electron chi connectivity index (χ0n) is 16.1. The van der Waals surface area contributed by atoms with Crippen LogP contribution >= 0.6 is 11.6 Å². The van der Waals surface area contributed by atoms with Crippen LogP contribution in [0.5, 0.6) is 0 Å². The highest BCUT2D eigenvalue weighted by atomic mass is 35.5. The minimum Gasteiger partial charge on any atom is -0.350 e. The lowest BCUT2D eigenvalue weighted by atomic mass is 10.1. The Labute approximate surface area is 174 Å². The highest BCUT2D eigenvalue weighted by Crippen LogP contribution is 2.33. The molecular formula is C20H25ClN6O2. The predicted molar refractivity (Wildman–Crippen MR) is 108 cm³/mol. The van der Waals surface area contributed by atoms with Crippen molar-refractivity contribution in [1.29, 1.82) is 0 Å². The first-order chi connectivity index (χ1) is 14.0. The lowest BCUT2D eigenvalue weighted by Crippen LogP contribution is -2.51. The number of benzene rings is 1. The van der Waals surface area contributed by atoms with E-state index in [1.54, 1.807) is 34.1 Å². The van der Waals surface area contributed by atoms with Crippen LogP contribution in [0.25, 0.3) is 5.69 Å². The maximum atomic E-state index is 12.9. The molecule has 8 nitrogen and oxygen atoms in total. The van der Waals surface area contributed by atoms with Crippen LogP contribution in [0.1, 0.15) is 37.7 Å². The number of rotatable bonds is 7. The fraction of sp³-hybridized carbons (Fsp3) is 0.500. The fourth-order valence-electron chi connectivity index (χ4n) is 3.89. The molecule has 2 fully saturated rings. The Morgan fingerprint density at radius 1 is 1.31 bits per heavy atom. The third-order valence-corrected chi connectivity index (χ3v) is 5.84. The van der Waals surface area contributed by atoms with Gasteiger partial charge >= 0.3 is 0 Å². The Bertz CT molecular complexity index is 883. The summed E-state index contributed by atoms with van der Waals surface area (Å²) in [5, 5.41) is 11.4. The monoisotopic (exact) mass is 416 g/mol. The van der Waals surface area contributed by atoms with Crippen molar-refractivity contribution in [1.82, 2.24) is 25.2 Å². The summed E-state index contributed by atoms with van der Waals surface area (Å²) in [6.07, 6.45) is 7.79. The predicted octanol–water partition coefficient (Wildman–Crippen LogP) is 1.66. The first-order valence-corrected chi connectivity index (χ1v) is 10.4. The van der Waals surface area contributed by atoms with E-state index in [1.807, 2.05) is 6.07 Å². The van der Waals surface area contributed by atoms with Gasteiger partial charge in [-0.1, -0.05) is 29.7 Å². The van der Waals surface area contributed by atoms with E-state index in [9.17, 15) is 9.59 Å². The van der Waals surface area contributed by atoms with Crippen LogP contribution in [-0.2, 0) is 16.1 Å². The van der Waals surface area contributed by atoms with E-state index in [1.165, 1.54) is 0 Å². The molecule has 2 aliphatic rings. The van der Waals surface area contributed by atoms with Crippen LogP contribution in [0, 0.1) is 5.92 Å². The van der Waals surface area contributed by atoms with Crippen LogP contribution in [0.15, 0.2) is 30.6 Å². The largest absolute Gasteiger partial charge is 0.350 e. The molecule has 3 N–H and O–H groups in total. The average Bonchev–Trinajstić information content (AvgIpc) is 3.18. The fourth-order valence-corrected chi connectivity index (χ4v) is 4.08. The molecule has 9 heteroatoms. The molecule has 0 radical (unpaired) electrons. The number of likely N-dealkylation sites (tertiary alicyclic amines) is 1. The Morgan fingerprint density at radius 3 is 2.86 bits per heavy atom. The molecule has 0 bridgehead atoms. The third kappa shape index (κ3) is 4.59. The van der Waals surface area contributed by atoms with Gasteiger partial charge in [0.15, 0.2) is 0 Å². The quantitative estimate of drug-likeness (QED) is 0.713. The van der Waals surface area contributed by atoms with Gasteiger partial charge in [-0.3, -0.25) is 9.59 Å².